The van der Waals surface area contributed by atoms with E-state index in [-0.39, 0.29) is 0 Å². The van der Waals surface area contributed by atoms with Crippen LogP contribution in [-0.4, -0.2) is 28.4 Å². The van der Waals surface area contributed by atoms with Gasteiger partial charge in [0, 0.05) is 33.7 Å². The molecule has 0 radical (unpaired) electrons. The molecule has 0 saturated carbocycles. The number of aliphatic imine (C=N–C) groups is 3. The van der Waals surface area contributed by atoms with Gasteiger partial charge in [-0.3, -0.25) is 9.98 Å². The molecule has 2 aromatic heterocycles. The number of pyridine rings is 2. The van der Waals surface area contributed by atoms with Crippen LogP contribution in [0.3, 0.4) is 0 Å². The Kier molecular flexibility index (Phi) is 9.85. The lowest BCUT2D eigenvalue weighted by molar-refractivity contribution is 1.06. The number of fused-ring (bicyclic) bond motifs is 3. The second-order valence-electron chi connectivity index (χ2n) is 13.8. The number of rotatable bonds is 8. The van der Waals surface area contributed by atoms with Crippen molar-refractivity contribution in [3.05, 3.63) is 217 Å². The SMILES string of the molecule is C=NC(=NC(=NCc1cc(-c2ccc(-c3nc4cnccc4c4ccccc34)cc2)cc(-c2ccccc2-c2ccccc2)c1)c1ccccc1)c1ccccc1. The van der Waals surface area contributed by atoms with Gasteiger partial charge in [-0.1, -0.05) is 164 Å². The second-order valence-corrected chi connectivity index (χ2v) is 13.8. The summed E-state index contributed by atoms with van der Waals surface area (Å²) in [4.78, 5) is 23.9. The van der Waals surface area contributed by atoms with Crippen LogP contribution in [0.5, 0.6) is 0 Å². The van der Waals surface area contributed by atoms with E-state index in [9.17, 15) is 0 Å². The van der Waals surface area contributed by atoms with Gasteiger partial charge >= 0.3 is 0 Å². The van der Waals surface area contributed by atoms with Crippen molar-refractivity contribution in [1.29, 1.82) is 0 Å². The van der Waals surface area contributed by atoms with Crippen LogP contribution in [0.4, 0.5) is 0 Å². The van der Waals surface area contributed by atoms with Gasteiger partial charge in [-0.25, -0.2) is 15.0 Å². The van der Waals surface area contributed by atoms with E-state index < -0.39 is 0 Å². The number of amidine groups is 2. The molecule has 7 aromatic carbocycles. The van der Waals surface area contributed by atoms with E-state index in [4.69, 9.17) is 15.0 Å². The number of hydrogen-bond donors (Lipinski definition) is 0. The maximum Gasteiger partial charge on any atom is 0.161 e. The first-order valence-corrected chi connectivity index (χ1v) is 18.9. The molecule has 0 amide bonds. The smallest absolute Gasteiger partial charge is 0.161 e. The van der Waals surface area contributed by atoms with Crippen LogP contribution in [0.15, 0.2) is 215 Å². The van der Waals surface area contributed by atoms with Gasteiger partial charge in [-0.2, -0.15) is 0 Å². The Morgan fingerprint density at radius 1 is 0.474 bits per heavy atom. The summed E-state index contributed by atoms with van der Waals surface area (Å²) in [5.74, 6) is 1.11. The molecule has 0 aliphatic carbocycles. The zero-order valence-electron chi connectivity index (χ0n) is 31.2. The zero-order chi connectivity index (χ0) is 38.4. The largest absolute Gasteiger partial charge is 0.262 e. The molecule has 9 rings (SSSR count). The minimum absolute atomic E-state index is 0.403. The van der Waals surface area contributed by atoms with Crippen LogP contribution in [0.2, 0.25) is 0 Å². The van der Waals surface area contributed by atoms with Gasteiger partial charge in [0.05, 0.1) is 24.0 Å². The Hall–Kier alpha value is -7.63. The molecule has 57 heavy (non-hydrogen) atoms. The Bertz CT molecular complexity index is 2920. The first kappa shape index (κ1) is 35.1. The molecule has 0 aliphatic heterocycles. The van der Waals surface area contributed by atoms with E-state index in [1.54, 1.807) is 0 Å². The van der Waals surface area contributed by atoms with Gasteiger partial charge in [-0.05, 0) is 75.3 Å². The van der Waals surface area contributed by atoms with Crippen molar-refractivity contribution >= 4 is 40.1 Å². The van der Waals surface area contributed by atoms with Crippen molar-refractivity contribution in [2.75, 3.05) is 0 Å². The normalized spacial score (nSPS) is 11.9. The number of benzene rings is 7. The predicted molar refractivity (Wildman–Crippen MR) is 238 cm³/mol. The molecule has 5 heteroatoms. The lowest BCUT2D eigenvalue weighted by Crippen LogP contribution is -2.05. The molecule has 0 atom stereocenters. The second kappa shape index (κ2) is 16.0. The van der Waals surface area contributed by atoms with Gasteiger partial charge in [0.25, 0.3) is 0 Å². The molecular formula is C52H37N5. The summed E-state index contributed by atoms with van der Waals surface area (Å²) in [5, 5.41) is 3.38. The third-order valence-electron chi connectivity index (χ3n) is 10.1. The van der Waals surface area contributed by atoms with Gasteiger partial charge in [0.1, 0.15) is 0 Å². The van der Waals surface area contributed by atoms with E-state index >= 15 is 0 Å². The first-order chi connectivity index (χ1) is 28.2. The molecule has 0 N–H and O–H groups in total. The number of hydrogen-bond acceptors (Lipinski definition) is 3. The van der Waals surface area contributed by atoms with Gasteiger partial charge in [-0.15, -0.1) is 0 Å². The van der Waals surface area contributed by atoms with E-state index in [0.717, 1.165) is 71.9 Å². The summed E-state index contributed by atoms with van der Waals surface area (Å²) < 4.78 is 0. The summed E-state index contributed by atoms with van der Waals surface area (Å²) in [6.45, 7) is 4.24. The lowest BCUT2D eigenvalue weighted by Gasteiger charge is -2.15. The summed E-state index contributed by atoms with van der Waals surface area (Å²) in [7, 11) is 0. The topological polar surface area (TPSA) is 62.9 Å². The minimum atomic E-state index is 0.403. The van der Waals surface area contributed by atoms with Crippen molar-refractivity contribution in [3.8, 4) is 44.6 Å². The number of nitrogens with zero attached hydrogens (tertiary/aromatic N) is 5. The Balaban J connectivity index is 1.16. The van der Waals surface area contributed by atoms with E-state index in [0.29, 0.717) is 18.2 Å². The fourth-order valence-corrected chi connectivity index (χ4v) is 7.38. The highest BCUT2D eigenvalue weighted by Gasteiger charge is 2.14. The molecule has 270 valence electrons. The molecule has 9 aromatic rings. The maximum absolute atomic E-state index is 5.16. The van der Waals surface area contributed by atoms with Crippen LogP contribution >= 0.6 is 0 Å². The molecule has 0 fully saturated rings. The van der Waals surface area contributed by atoms with Crippen molar-refractivity contribution in [2.24, 2.45) is 15.0 Å². The zero-order valence-corrected chi connectivity index (χ0v) is 31.2. The Morgan fingerprint density at radius 2 is 1.05 bits per heavy atom. The van der Waals surface area contributed by atoms with Gasteiger partial charge < -0.3 is 0 Å². The molecule has 0 bridgehead atoms. The van der Waals surface area contributed by atoms with E-state index in [1.165, 1.54) is 11.1 Å². The van der Waals surface area contributed by atoms with Crippen molar-refractivity contribution < 1.29 is 0 Å². The molecule has 0 aliphatic rings. The van der Waals surface area contributed by atoms with E-state index in [1.807, 2.05) is 79.1 Å². The lowest BCUT2D eigenvalue weighted by atomic mass is 9.91. The predicted octanol–water partition coefficient (Wildman–Crippen LogP) is 12.5. The van der Waals surface area contributed by atoms with Crippen LogP contribution in [0.1, 0.15) is 16.7 Å². The van der Waals surface area contributed by atoms with Crippen LogP contribution in [0, 0.1) is 0 Å². The van der Waals surface area contributed by atoms with Crippen LogP contribution in [-0.2, 0) is 6.54 Å². The van der Waals surface area contributed by atoms with Crippen molar-refractivity contribution in [1.82, 2.24) is 9.97 Å². The number of aromatic nitrogens is 2. The van der Waals surface area contributed by atoms with Crippen LogP contribution in [0.25, 0.3) is 66.3 Å². The molecule has 5 nitrogen and oxygen atoms in total. The Labute approximate surface area is 332 Å². The molecular weight excluding hydrogens is 695 g/mol. The summed E-state index contributed by atoms with van der Waals surface area (Å²) >= 11 is 0. The molecule has 0 unspecified atom stereocenters. The summed E-state index contributed by atoms with van der Waals surface area (Å²) in [6.07, 6.45) is 3.67. The third kappa shape index (κ3) is 7.42. The summed E-state index contributed by atoms with van der Waals surface area (Å²) in [6, 6.07) is 65.1. The highest BCUT2D eigenvalue weighted by atomic mass is 15.0. The molecule has 2 heterocycles. The van der Waals surface area contributed by atoms with Crippen LogP contribution < -0.4 is 0 Å². The van der Waals surface area contributed by atoms with Crippen molar-refractivity contribution in [2.45, 2.75) is 6.54 Å². The first-order valence-electron chi connectivity index (χ1n) is 18.9. The average Bonchev–Trinajstić information content (AvgIpc) is 3.29. The van der Waals surface area contributed by atoms with Gasteiger partial charge in [0.2, 0.25) is 0 Å². The molecule has 0 saturated heterocycles. The fraction of sp³-hybridized carbons (Fsp3) is 0.0192. The van der Waals surface area contributed by atoms with Crippen molar-refractivity contribution in [3.63, 3.8) is 0 Å². The Morgan fingerprint density at radius 3 is 1.75 bits per heavy atom. The standard InChI is InChI=1S/C52H37N5/c1-53-51(40-17-7-3-8-18-40)57-52(41-19-9-4-10-20-41)55-34-36-31-42(33-43(32-36)45-22-12-11-21-44(45)38-15-5-2-6-16-38)37-25-27-39(28-26-37)50-48-24-14-13-23-46(48)47-29-30-54-35-49(47)56-50/h2-33,35H,1,34H2. The monoisotopic (exact) mass is 731 g/mol. The average molecular weight is 732 g/mol. The van der Waals surface area contributed by atoms with Gasteiger partial charge in [0.15, 0.2) is 11.7 Å². The fourth-order valence-electron chi connectivity index (χ4n) is 7.38. The quantitative estimate of drug-likeness (QED) is 0.0887. The third-order valence-corrected chi connectivity index (χ3v) is 10.1. The maximum atomic E-state index is 5.16. The highest BCUT2D eigenvalue weighted by Crippen LogP contribution is 2.37. The highest BCUT2D eigenvalue weighted by molar-refractivity contribution is 6.13. The van der Waals surface area contributed by atoms with E-state index in [2.05, 4.69) is 138 Å². The minimum Gasteiger partial charge on any atom is -0.262 e. The molecule has 0 spiro atoms. The summed E-state index contributed by atoms with van der Waals surface area (Å²) in [5.41, 5.74) is 12.5.